The topological polar surface area (TPSA) is 82.7 Å². The minimum atomic E-state index is -0.768. The average molecular weight is 337 g/mol. The zero-order chi connectivity index (χ0) is 18.0. The number of hydrogen-bond acceptors (Lipinski definition) is 4. The van der Waals surface area contributed by atoms with Crippen molar-refractivity contribution in [1.29, 1.82) is 5.26 Å². The van der Waals surface area contributed by atoms with Crippen molar-refractivity contribution in [2.24, 2.45) is 5.92 Å². The number of rotatable bonds is 6. The molecule has 6 nitrogen and oxygen atoms in total. The fourth-order valence-electron chi connectivity index (χ4n) is 2.89. The SMILES string of the molecule is Cc1ccc(-n2nc(NCC(=O)NC(C)(C#N)C3CC3)cc2C)cc1. The van der Waals surface area contributed by atoms with Gasteiger partial charge in [-0.05, 0) is 51.7 Å². The lowest BCUT2D eigenvalue weighted by molar-refractivity contribution is -0.120. The second kappa shape index (κ2) is 6.60. The minimum Gasteiger partial charge on any atom is -0.360 e. The van der Waals surface area contributed by atoms with Gasteiger partial charge in [0.05, 0.1) is 18.3 Å². The van der Waals surface area contributed by atoms with Gasteiger partial charge in [0.15, 0.2) is 0 Å². The maximum atomic E-state index is 12.2. The van der Waals surface area contributed by atoms with Crippen molar-refractivity contribution in [3.63, 3.8) is 0 Å². The molecule has 1 atom stereocenters. The highest BCUT2D eigenvalue weighted by molar-refractivity contribution is 5.81. The molecule has 25 heavy (non-hydrogen) atoms. The van der Waals surface area contributed by atoms with E-state index in [-0.39, 0.29) is 18.4 Å². The molecule has 1 aromatic heterocycles. The van der Waals surface area contributed by atoms with Crippen LogP contribution in [0.4, 0.5) is 5.82 Å². The van der Waals surface area contributed by atoms with Crippen molar-refractivity contribution < 1.29 is 4.79 Å². The van der Waals surface area contributed by atoms with Crippen LogP contribution in [0.1, 0.15) is 31.0 Å². The lowest BCUT2D eigenvalue weighted by Gasteiger charge is -2.22. The molecule has 1 fully saturated rings. The minimum absolute atomic E-state index is 0.0916. The number of aryl methyl sites for hydroxylation is 2. The molecule has 3 rings (SSSR count). The highest BCUT2D eigenvalue weighted by Gasteiger charge is 2.42. The molecule has 2 aromatic rings. The third-order valence-corrected chi connectivity index (χ3v) is 4.62. The Bertz CT molecular complexity index is 813. The number of nitrogens with one attached hydrogen (secondary N) is 2. The highest BCUT2D eigenvalue weighted by atomic mass is 16.2. The summed E-state index contributed by atoms with van der Waals surface area (Å²) in [5.41, 5.74) is 2.38. The first-order valence-corrected chi connectivity index (χ1v) is 8.51. The summed E-state index contributed by atoms with van der Waals surface area (Å²) >= 11 is 0. The van der Waals surface area contributed by atoms with Gasteiger partial charge in [-0.15, -0.1) is 0 Å². The summed E-state index contributed by atoms with van der Waals surface area (Å²) in [6.07, 6.45) is 2.00. The van der Waals surface area contributed by atoms with Crippen LogP contribution < -0.4 is 10.6 Å². The summed E-state index contributed by atoms with van der Waals surface area (Å²) in [7, 11) is 0. The predicted octanol–water partition coefficient (Wildman–Crippen LogP) is 2.71. The van der Waals surface area contributed by atoms with E-state index in [1.54, 1.807) is 6.92 Å². The number of carbonyl (C=O) groups is 1. The van der Waals surface area contributed by atoms with Crippen LogP contribution in [0.2, 0.25) is 0 Å². The maximum Gasteiger partial charge on any atom is 0.240 e. The van der Waals surface area contributed by atoms with Gasteiger partial charge in [0.1, 0.15) is 11.4 Å². The zero-order valence-electron chi connectivity index (χ0n) is 14.8. The van der Waals surface area contributed by atoms with E-state index in [9.17, 15) is 10.1 Å². The van der Waals surface area contributed by atoms with Gasteiger partial charge in [-0.2, -0.15) is 10.4 Å². The molecule has 1 unspecified atom stereocenters. The van der Waals surface area contributed by atoms with Gasteiger partial charge in [-0.3, -0.25) is 4.79 Å². The van der Waals surface area contributed by atoms with Gasteiger partial charge in [0, 0.05) is 11.8 Å². The highest BCUT2D eigenvalue weighted by Crippen LogP contribution is 2.39. The molecule has 1 aromatic carbocycles. The van der Waals surface area contributed by atoms with Gasteiger partial charge < -0.3 is 10.6 Å². The predicted molar refractivity (Wildman–Crippen MR) is 96.4 cm³/mol. The number of aromatic nitrogens is 2. The van der Waals surface area contributed by atoms with Crippen molar-refractivity contribution in [3.8, 4) is 11.8 Å². The first-order chi connectivity index (χ1) is 11.9. The van der Waals surface area contributed by atoms with E-state index in [1.807, 2.05) is 48.9 Å². The van der Waals surface area contributed by atoms with E-state index < -0.39 is 5.54 Å². The van der Waals surface area contributed by atoms with Crippen LogP contribution in [0.5, 0.6) is 0 Å². The van der Waals surface area contributed by atoms with Crippen LogP contribution >= 0.6 is 0 Å². The summed E-state index contributed by atoms with van der Waals surface area (Å²) in [5, 5.41) is 19.7. The Balaban J connectivity index is 1.62. The smallest absolute Gasteiger partial charge is 0.240 e. The Hall–Kier alpha value is -2.81. The molecule has 1 aliphatic carbocycles. The quantitative estimate of drug-likeness (QED) is 0.849. The number of hydrogen-bond donors (Lipinski definition) is 2. The zero-order valence-corrected chi connectivity index (χ0v) is 14.8. The number of benzene rings is 1. The Labute approximate surface area is 147 Å². The molecule has 1 amide bonds. The summed E-state index contributed by atoms with van der Waals surface area (Å²) < 4.78 is 1.84. The molecule has 0 radical (unpaired) electrons. The molecule has 1 saturated carbocycles. The molecule has 1 aliphatic rings. The molecule has 1 heterocycles. The van der Waals surface area contributed by atoms with Gasteiger partial charge in [0.2, 0.25) is 5.91 Å². The molecule has 0 spiro atoms. The molecule has 6 heteroatoms. The Morgan fingerprint density at radius 3 is 2.64 bits per heavy atom. The Morgan fingerprint density at radius 2 is 2.04 bits per heavy atom. The molecule has 0 aliphatic heterocycles. The molecular weight excluding hydrogens is 314 g/mol. The summed E-state index contributed by atoms with van der Waals surface area (Å²) in [5.74, 6) is 0.709. The largest absolute Gasteiger partial charge is 0.360 e. The number of carbonyl (C=O) groups excluding carboxylic acids is 1. The molecular formula is C19H23N5O. The Kier molecular flexibility index (Phi) is 4.49. The van der Waals surface area contributed by atoms with Crippen molar-refractivity contribution in [1.82, 2.24) is 15.1 Å². The molecule has 0 saturated heterocycles. The van der Waals surface area contributed by atoms with E-state index in [4.69, 9.17) is 0 Å². The van der Waals surface area contributed by atoms with Gasteiger partial charge in [0.25, 0.3) is 0 Å². The summed E-state index contributed by atoms with van der Waals surface area (Å²) in [4.78, 5) is 12.2. The average Bonchev–Trinajstić information content (AvgIpc) is 3.38. The van der Waals surface area contributed by atoms with Crippen molar-refractivity contribution >= 4 is 11.7 Å². The second-order valence-corrected chi connectivity index (χ2v) is 6.91. The number of anilines is 1. The van der Waals surface area contributed by atoms with Crippen LogP contribution in [0.25, 0.3) is 5.69 Å². The monoisotopic (exact) mass is 337 g/mol. The normalized spacial score (nSPS) is 15.9. The van der Waals surface area contributed by atoms with E-state index in [0.717, 1.165) is 24.2 Å². The van der Waals surface area contributed by atoms with Crippen LogP contribution in [-0.2, 0) is 4.79 Å². The van der Waals surface area contributed by atoms with Crippen molar-refractivity contribution in [2.45, 2.75) is 39.2 Å². The van der Waals surface area contributed by atoms with E-state index in [2.05, 4.69) is 21.8 Å². The summed E-state index contributed by atoms with van der Waals surface area (Å²) in [6.45, 7) is 5.90. The van der Waals surface area contributed by atoms with Crippen LogP contribution in [0.3, 0.4) is 0 Å². The number of nitrogens with zero attached hydrogens (tertiary/aromatic N) is 3. The van der Waals surface area contributed by atoms with Gasteiger partial charge in [-0.25, -0.2) is 4.68 Å². The van der Waals surface area contributed by atoms with Gasteiger partial charge >= 0.3 is 0 Å². The van der Waals surface area contributed by atoms with E-state index in [1.165, 1.54) is 5.56 Å². The van der Waals surface area contributed by atoms with Crippen LogP contribution in [-0.4, -0.2) is 27.8 Å². The van der Waals surface area contributed by atoms with Crippen LogP contribution in [0, 0.1) is 31.1 Å². The fourth-order valence-corrected chi connectivity index (χ4v) is 2.89. The Morgan fingerprint density at radius 1 is 1.36 bits per heavy atom. The van der Waals surface area contributed by atoms with Crippen LogP contribution in [0.15, 0.2) is 30.3 Å². The number of nitriles is 1. The van der Waals surface area contributed by atoms with E-state index in [0.29, 0.717) is 5.82 Å². The fraction of sp³-hybridized carbons (Fsp3) is 0.421. The first-order valence-electron chi connectivity index (χ1n) is 8.51. The first kappa shape index (κ1) is 17.0. The standard InChI is InChI=1S/C19H23N5O/c1-13-4-8-16(9-5-13)24-14(2)10-17(23-24)21-11-18(25)22-19(3,12-20)15-6-7-15/h4-5,8-10,15H,6-7,11H2,1-3H3,(H,21,23)(H,22,25). The maximum absolute atomic E-state index is 12.2. The molecule has 130 valence electrons. The third-order valence-electron chi connectivity index (χ3n) is 4.62. The number of amides is 1. The summed E-state index contributed by atoms with van der Waals surface area (Å²) in [6, 6.07) is 12.2. The second-order valence-electron chi connectivity index (χ2n) is 6.91. The van der Waals surface area contributed by atoms with Gasteiger partial charge in [-0.1, -0.05) is 17.7 Å². The lowest BCUT2D eigenvalue weighted by atomic mass is 9.98. The van der Waals surface area contributed by atoms with Crippen molar-refractivity contribution in [3.05, 3.63) is 41.6 Å². The molecule has 0 bridgehead atoms. The lowest BCUT2D eigenvalue weighted by Crippen LogP contribution is -2.48. The molecule has 2 N–H and O–H groups in total. The van der Waals surface area contributed by atoms with E-state index >= 15 is 0 Å². The third kappa shape index (κ3) is 3.82. The van der Waals surface area contributed by atoms with Crippen molar-refractivity contribution in [2.75, 3.05) is 11.9 Å².